The van der Waals surface area contributed by atoms with E-state index >= 15 is 0 Å². The molecule has 0 aromatic carbocycles. The number of allylic oxidation sites excluding steroid dienone is 1. The minimum Gasteiger partial charge on any atom is -0.345 e. The van der Waals surface area contributed by atoms with Crippen LogP contribution in [0.2, 0.25) is 0 Å². The van der Waals surface area contributed by atoms with E-state index in [0.29, 0.717) is 5.75 Å². The highest BCUT2D eigenvalue weighted by molar-refractivity contribution is 7.79. The molecule has 2 nitrogen and oxygen atoms in total. The number of hydrogen-bond donors (Lipinski definition) is 2. The van der Waals surface area contributed by atoms with Crippen LogP contribution in [0.1, 0.15) is 23.6 Å². The molecule has 1 heterocycles. The number of imidazole rings is 1. The lowest BCUT2D eigenvalue weighted by Crippen LogP contribution is -1.91. The van der Waals surface area contributed by atoms with Gasteiger partial charge < -0.3 is 4.98 Å². The maximum absolute atomic E-state index is 4.35. The molecule has 0 unspecified atom stereocenters. The number of nitrogens with one attached hydrogen (secondary N) is 1. The molecule has 1 aliphatic rings. The molecule has 1 N–H and O–H groups in total. The highest BCUT2D eigenvalue weighted by atomic mass is 32.1. The van der Waals surface area contributed by atoms with Crippen molar-refractivity contribution < 1.29 is 0 Å². The molecule has 0 saturated heterocycles. The third-order valence-electron chi connectivity index (χ3n) is 1.85. The van der Waals surface area contributed by atoms with Crippen LogP contribution in [0.15, 0.2) is 6.08 Å². The molecule has 0 fully saturated rings. The summed E-state index contributed by atoms with van der Waals surface area (Å²) in [5.74, 6) is 1.67. The predicted molar refractivity (Wildman–Crippen MR) is 48.6 cm³/mol. The number of thiol groups is 1. The molecule has 2 rings (SSSR count). The van der Waals surface area contributed by atoms with Gasteiger partial charge in [-0.1, -0.05) is 6.08 Å². The van der Waals surface area contributed by atoms with Crippen molar-refractivity contribution in [2.45, 2.75) is 18.6 Å². The van der Waals surface area contributed by atoms with Crippen molar-refractivity contribution in [3.8, 4) is 0 Å². The zero-order valence-electron chi connectivity index (χ0n) is 6.17. The summed E-state index contributed by atoms with van der Waals surface area (Å²) in [4.78, 5) is 7.60. The average Bonchev–Trinajstić information content (AvgIpc) is 2.46. The monoisotopic (exact) mass is 166 g/mol. The van der Waals surface area contributed by atoms with Gasteiger partial charge in [-0.25, -0.2) is 4.98 Å². The lowest BCUT2D eigenvalue weighted by molar-refractivity contribution is 0.937. The molecule has 3 heteroatoms. The number of rotatable bonds is 1. The lowest BCUT2D eigenvalue weighted by atomic mass is 10.1. The van der Waals surface area contributed by atoms with Gasteiger partial charge in [-0.2, -0.15) is 12.6 Å². The van der Waals surface area contributed by atoms with Crippen molar-refractivity contribution in [3.63, 3.8) is 0 Å². The SMILES string of the molecule is SCc1nc2c([nH]1)CCC=C2. The normalized spacial score (nSPS) is 15.0. The molecule has 11 heavy (non-hydrogen) atoms. The first-order chi connectivity index (χ1) is 5.40. The van der Waals surface area contributed by atoms with E-state index in [-0.39, 0.29) is 0 Å². The Morgan fingerprint density at radius 3 is 3.27 bits per heavy atom. The molecule has 0 bridgehead atoms. The molecule has 1 aromatic rings. The highest BCUT2D eigenvalue weighted by Crippen LogP contribution is 2.16. The van der Waals surface area contributed by atoms with Crippen LogP contribution in [-0.2, 0) is 12.2 Å². The van der Waals surface area contributed by atoms with Crippen LogP contribution < -0.4 is 0 Å². The lowest BCUT2D eigenvalue weighted by Gasteiger charge is -2.00. The second kappa shape index (κ2) is 2.74. The molecular weight excluding hydrogens is 156 g/mol. The van der Waals surface area contributed by atoms with Gasteiger partial charge in [-0.15, -0.1) is 0 Å². The van der Waals surface area contributed by atoms with Crippen molar-refractivity contribution in [1.29, 1.82) is 0 Å². The van der Waals surface area contributed by atoms with Gasteiger partial charge in [0, 0.05) is 11.4 Å². The number of fused-ring (bicyclic) bond motifs is 1. The number of nitrogens with zero attached hydrogens (tertiary/aromatic N) is 1. The maximum Gasteiger partial charge on any atom is 0.116 e. The van der Waals surface area contributed by atoms with Gasteiger partial charge in [0.2, 0.25) is 0 Å². The molecule has 0 aliphatic heterocycles. The van der Waals surface area contributed by atoms with Gasteiger partial charge in [-0.05, 0) is 18.9 Å². The standard InChI is InChI=1S/C8H10N2S/c11-5-8-9-6-3-1-2-4-7(6)10-8/h1,3,11H,2,4-5H2,(H,9,10). The van der Waals surface area contributed by atoms with Crippen molar-refractivity contribution in [3.05, 3.63) is 23.3 Å². The van der Waals surface area contributed by atoms with Gasteiger partial charge in [-0.3, -0.25) is 0 Å². The zero-order chi connectivity index (χ0) is 7.68. The Labute approximate surface area is 71.1 Å². The van der Waals surface area contributed by atoms with Crippen molar-refractivity contribution in [2.24, 2.45) is 0 Å². The minimum atomic E-state index is 0.695. The zero-order valence-corrected chi connectivity index (χ0v) is 7.06. The van der Waals surface area contributed by atoms with E-state index in [0.717, 1.165) is 24.4 Å². The molecule has 0 radical (unpaired) electrons. The summed E-state index contributed by atoms with van der Waals surface area (Å²) in [6, 6.07) is 0. The fourth-order valence-electron chi connectivity index (χ4n) is 1.30. The molecule has 58 valence electrons. The number of aromatic amines is 1. The third kappa shape index (κ3) is 1.20. The van der Waals surface area contributed by atoms with Gasteiger partial charge in [0.05, 0.1) is 5.69 Å². The van der Waals surface area contributed by atoms with Crippen LogP contribution in [0, 0.1) is 0 Å². The van der Waals surface area contributed by atoms with Crippen molar-refractivity contribution >= 4 is 18.7 Å². The Hall–Kier alpha value is -0.700. The van der Waals surface area contributed by atoms with E-state index < -0.39 is 0 Å². The second-order valence-electron chi connectivity index (χ2n) is 2.65. The number of hydrogen-bond acceptors (Lipinski definition) is 2. The van der Waals surface area contributed by atoms with Crippen LogP contribution >= 0.6 is 12.6 Å². The number of aryl methyl sites for hydroxylation is 1. The number of aromatic nitrogens is 2. The average molecular weight is 166 g/mol. The summed E-state index contributed by atoms with van der Waals surface area (Å²) in [6.45, 7) is 0. The van der Waals surface area contributed by atoms with Gasteiger partial charge in [0.1, 0.15) is 5.82 Å². The maximum atomic E-state index is 4.35. The molecular formula is C8H10N2S. The summed E-state index contributed by atoms with van der Waals surface area (Å²) < 4.78 is 0. The molecule has 0 saturated carbocycles. The quantitative estimate of drug-likeness (QED) is 0.612. The Morgan fingerprint density at radius 1 is 1.64 bits per heavy atom. The van der Waals surface area contributed by atoms with Gasteiger partial charge in [0.25, 0.3) is 0 Å². The van der Waals surface area contributed by atoms with E-state index in [2.05, 4.69) is 34.7 Å². The predicted octanol–water partition coefficient (Wildman–Crippen LogP) is 1.80. The van der Waals surface area contributed by atoms with Crippen LogP contribution in [0.5, 0.6) is 0 Å². The fraction of sp³-hybridized carbons (Fsp3) is 0.375. The van der Waals surface area contributed by atoms with E-state index in [1.807, 2.05) is 0 Å². The first kappa shape index (κ1) is 6.98. The summed E-state index contributed by atoms with van der Waals surface area (Å²) in [5.41, 5.74) is 2.36. The Balaban J connectivity index is 2.42. The topological polar surface area (TPSA) is 28.7 Å². The molecule has 0 atom stereocenters. The molecule has 0 amide bonds. The largest absolute Gasteiger partial charge is 0.345 e. The summed E-state index contributed by atoms with van der Waals surface area (Å²) in [6.07, 6.45) is 6.45. The van der Waals surface area contributed by atoms with Gasteiger partial charge >= 0.3 is 0 Å². The Kier molecular flexibility index (Phi) is 1.74. The number of H-pyrrole nitrogens is 1. The first-order valence-corrected chi connectivity index (χ1v) is 4.38. The molecule has 1 aromatic heterocycles. The van der Waals surface area contributed by atoms with E-state index in [1.165, 1.54) is 5.69 Å². The fourth-order valence-corrected chi connectivity index (χ4v) is 1.45. The van der Waals surface area contributed by atoms with Crippen molar-refractivity contribution in [1.82, 2.24) is 9.97 Å². The van der Waals surface area contributed by atoms with Crippen LogP contribution in [-0.4, -0.2) is 9.97 Å². The van der Waals surface area contributed by atoms with Crippen molar-refractivity contribution in [2.75, 3.05) is 0 Å². The summed E-state index contributed by atoms with van der Waals surface area (Å²) >= 11 is 4.15. The highest BCUT2D eigenvalue weighted by Gasteiger charge is 2.08. The van der Waals surface area contributed by atoms with Crippen LogP contribution in [0.25, 0.3) is 6.08 Å². The van der Waals surface area contributed by atoms with Crippen LogP contribution in [0.4, 0.5) is 0 Å². The smallest absolute Gasteiger partial charge is 0.116 e. The van der Waals surface area contributed by atoms with Gasteiger partial charge in [0.15, 0.2) is 0 Å². The van der Waals surface area contributed by atoms with E-state index in [9.17, 15) is 0 Å². The first-order valence-electron chi connectivity index (χ1n) is 3.75. The third-order valence-corrected chi connectivity index (χ3v) is 2.15. The Bertz CT molecular complexity index is 288. The summed E-state index contributed by atoms with van der Waals surface area (Å²) in [5, 5.41) is 0. The van der Waals surface area contributed by atoms with E-state index in [1.54, 1.807) is 0 Å². The summed E-state index contributed by atoms with van der Waals surface area (Å²) in [7, 11) is 0. The second-order valence-corrected chi connectivity index (χ2v) is 2.96. The van der Waals surface area contributed by atoms with Crippen LogP contribution in [0.3, 0.4) is 0 Å². The minimum absolute atomic E-state index is 0.695. The molecule has 0 spiro atoms. The van der Waals surface area contributed by atoms with E-state index in [4.69, 9.17) is 0 Å². The Morgan fingerprint density at radius 2 is 2.55 bits per heavy atom. The molecule has 1 aliphatic carbocycles.